The van der Waals surface area contributed by atoms with Crippen molar-refractivity contribution in [3.05, 3.63) is 28.2 Å². The fourth-order valence-corrected chi connectivity index (χ4v) is 2.65. The Bertz CT molecular complexity index is 296. The van der Waals surface area contributed by atoms with E-state index in [9.17, 15) is 0 Å². The van der Waals surface area contributed by atoms with E-state index in [0.29, 0.717) is 0 Å². The van der Waals surface area contributed by atoms with Crippen LogP contribution in [-0.4, -0.2) is 13.1 Å². The van der Waals surface area contributed by atoms with Gasteiger partial charge in [-0.3, -0.25) is 0 Å². The zero-order valence-electron chi connectivity index (χ0n) is 8.59. The van der Waals surface area contributed by atoms with Gasteiger partial charge in [0.15, 0.2) is 0 Å². The van der Waals surface area contributed by atoms with E-state index in [1.165, 1.54) is 48.1 Å². The molecule has 1 heterocycles. The Balaban J connectivity index is 2.21. The zero-order chi connectivity index (χ0) is 9.97. The van der Waals surface area contributed by atoms with E-state index in [2.05, 4.69) is 46.0 Å². The molecular weight excluding hydrogens is 238 g/mol. The van der Waals surface area contributed by atoms with Gasteiger partial charge in [-0.2, -0.15) is 0 Å². The fraction of sp³-hybridized carbons (Fsp3) is 0.500. The summed E-state index contributed by atoms with van der Waals surface area (Å²) in [6, 6.07) is 6.65. The molecule has 2 heteroatoms. The van der Waals surface area contributed by atoms with E-state index in [1.54, 1.807) is 0 Å². The van der Waals surface area contributed by atoms with Gasteiger partial charge in [-0.1, -0.05) is 15.9 Å². The van der Waals surface area contributed by atoms with Crippen LogP contribution < -0.4 is 4.90 Å². The molecule has 0 aliphatic carbocycles. The third-order valence-electron chi connectivity index (χ3n) is 2.75. The van der Waals surface area contributed by atoms with Gasteiger partial charge in [0.2, 0.25) is 0 Å². The Labute approximate surface area is 94.2 Å². The molecule has 1 aliphatic rings. The molecule has 1 nitrogen and oxygen atoms in total. The highest BCUT2D eigenvalue weighted by atomic mass is 79.9. The van der Waals surface area contributed by atoms with Crippen molar-refractivity contribution < 1.29 is 0 Å². The first-order valence-electron chi connectivity index (χ1n) is 5.28. The fourth-order valence-electron chi connectivity index (χ4n) is 2.05. The van der Waals surface area contributed by atoms with E-state index in [0.717, 1.165) is 0 Å². The highest BCUT2D eigenvalue weighted by Crippen LogP contribution is 2.25. The first-order chi connectivity index (χ1) is 6.75. The molecule has 0 N–H and O–H groups in total. The number of anilines is 1. The van der Waals surface area contributed by atoms with Crippen LogP contribution in [0.4, 0.5) is 5.69 Å². The van der Waals surface area contributed by atoms with Crippen molar-refractivity contribution in [1.82, 2.24) is 0 Å². The topological polar surface area (TPSA) is 3.24 Å². The Morgan fingerprint density at radius 1 is 1.07 bits per heavy atom. The molecule has 0 aromatic heterocycles. The van der Waals surface area contributed by atoms with Crippen molar-refractivity contribution >= 4 is 21.6 Å². The third-order valence-corrected chi connectivity index (χ3v) is 3.21. The molecule has 1 aromatic rings. The second-order valence-electron chi connectivity index (χ2n) is 4.03. The summed E-state index contributed by atoms with van der Waals surface area (Å²) in [7, 11) is 0. The summed E-state index contributed by atoms with van der Waals surface area (Å²) in [6.45, 7) is 4.59. The van der Waals surface area contributed by atoms with Crippen LogP contribution >= 0.6 is 15.9 Å². The van der Waals surface area contributed by atoms with Gasteiger partial charge in [-0.15, -0.1) is 0 Å². The molecule has 14 heavy (non-hydrogen) atoms. The maximum absolute atomic E-state index is 3.55. The molecule has 0 radical (unpaired) electrons. The average molecular weight is 254 g/mol. The molecule has 1 saturated heterocycles. The van der Waals surface area contributed by atoms with Gasteiger partial charge < -0.3 is 4.90 Å². The number of rotatable bonds is 1. The molecule has 1 aliphatic heterocycles. The van der Waals surface area contributed by atoms with Crippen molar-refractivity contribution in [2.75, 3.05) is 18.0 Å². The number of halogens is 1. The standard InChI is InChI=1S/C12H16BrN/c1-10-7-11(13)9-12(8-10)14-5-3-2-4-6-14/h7-9H,2-6H2,1H3. The lowest BCUT2D eigenvalue weighted by Crippen LogP contribution is -2.29. The molecule has 2 rings (SSSR count). The van der Waals surface area contributed by atoms with Crippen LogP contribution in [-0.2, 0) is 0 Å². The summed E-state index contributed by atoms with van der Waals surface area (Å²) in [5.74, 6) is 0. The molecule has 0 atom stereocenters. The summed E-state index contributed by atoms with van der Waals surface area (Å²) in [6.07, 6.45) is 4.07. The summed E-state index contributed by atoms with van der Waals surface area (Å²) in [4.78, 5) is 2.49. The second-order valence-corrected chi connectivity index (χ2v) is 4.95. The minimum Gasteiger partial charge on any atom is -0.371 e. The van der Waals surface area contributed by atoms with E-state index >= 15 is 0 Å². The Kier molecular flexibility index (Phi) is 3.12. The van der Waals surface area contributed by atoms with Crippen LogP contribution in [0.2, 0.25) is 0 Å². The number of hydrogen-bond donors (Lipinski definition) is 0. The van der Waals surface area contributed by atoms with Crippen molar-refractivity contribution in [3.8, 4) is 0 Å². The lowest BCUT2D eigenvalue weighted by Gasteiger charge is -2.29. The van der Waals surface area contributed by atoms with Crippen LogP contribution in [0.15, 0.2) is 22.7 Å². The normalized spacial score (nSPS) is 17.1. The van der Waals surface area contributed by atoms with Crippen LogP contribution in [0.1, 0.15) is 24.8 Å². The van der Waals surface area contributed by atoms with Gasteiger partial charge in [0.25, 0.3) is 0 Å². The molecule has 0 bridgehead atoms. The van der Waals surface area contributed by atoms with Crippen LogP contribution in [0, 0.1) is 6.92 Å². The van der Waals surface area contributed by atoms with E-state index in [1.807, 2.05) is 0 Å². The summed E-state index contributed by atoms with van der Waals surface area (Å²) in [5.41, 5.74) is 2.71. The van der Waals surface area contributed by atoms with Crippen LogP contribution in [0.3, 0.4) is 0 Å². The average Bonchev–Trinajstić information content (AvgIpc) is 2.18. The van der Waals surface area contributed by atoms with Gasteiger partial charge in [0.1, 0.15) is 0 Å². The highest BCUT2D eigenvalue weighted by molar-refractivity contribution is 9.10. The maximum atomic E-state index is 3.55. The molecule has 0 spiro atoms. The Hall–Kier alpha value is -0.500. The van der Waals surface area contributed by atoms with E-state index < -0.39 is 0 Å². The van der Waals surface area contributed by atoms with Crippen LogP contribution in [0.25, 0.3) is 0 Å². The smallest absolute Gasteiger partial charge is 0.0380 e. The van der Waals surface area contributed by atoms with E-state index in [4.69, 9.17) is 0 Å². The van der Waals surface area contributed by atoms with Crippen LogP contribution in [0.5, 0.6) is 0 Å². The predicted molar refractivity (Wildman–Crippen MR) is 64.9 cm³/mol. The predicted octanol–water partition coefficient (Wildman–Crippen LogP) is 3.75. The minimum atomic E-state index is 1.19. The number of benzene rings is 1. The molecular formula is C12H16BrN. The monoisotopic (exact) mass is 253 g/mol. The molecule has 0 amide bonds. The first-order valence-corrected chi connectivity index (χ1v) is 6.07. The highest BCUT2D eigenvalue weighted by Gasteiger charge is 2.11. The lowest BCUT2D eigenvalue weighted by molar-refractivity contribution is 0.577. The second kappa shape index (κ2) is 4.35. The quantitative estimate of drug-likeness (QED) is 0.737. The summed E-state index contributed by atoms with van der Waals surface area (Å²) in [5, 5.41) is 0. The Morgan fingerprint density at radius 3 is 2.43 bits per heavy atom. The van der Waals surface area contributed by atoms with Gasteiger partial charge in [0, 0.05) is 23.2 Å². The SMILES string of the molecule is Cc1cc(Br)cc(N2CCCCC2)c1. The van der Waals surface area contributed by atoms with Crippen molar-refractivity contribution in [2.45, 2.75) is 26.2 Å². The maximum Gasteiger partial charge on any atom is 0.0380 e. The number of piperidine rings is 1. The van der Waals surface area contributed by atoms with Crippen molar-refractivity contribution in [2.24, 2.45) is 0 Å². The van der Waals surface area contributed by atoms with Crippen molar-refractivity contribution in [1.29, 1.82) is 0 Å². The summed E-state index contributed by atoms with van der Waals surface area (Å²) >= 11 is 3.55. The van der Waals surface area contributed by atoms with Crippen molar-refractivity contribution in [3.63, 3.8) is 0 Å². The lowest BCUT2D eigenvalue weighted by atomic mass is 10.1. The first kappa shape index (κ1) is 10.0. The zero-order valence-corrected chi connectivity index (χ0v) is 10.2. The number of aryl methyl sites for hydroxylation is 1. The molecule has 1 fully saturated rings. The summed E-state index contributed by atoms with van der Waals surface area (Å²) < 4.78 is 1.19. The van der Waals surface area contributed by atoms with Gasteiger partial charge >= 0.3 is 0 Å². The van der Waals surface area contributed by atoms with Gasteiger partial charge in [-0.25, -0.2) is 0 Å². The molecule has 0 unspecified atom stereocenters. The minimum absolute atomic E-state index is 1.19. The Morgan fingerprint density at radius 2 is 1.79 bits per heavy atom. The molecule has 1 aromatic carbocycles. The number of nitrogens with zero attached hydrogens (tertiary/aromatic N) is 1. The molecule has 0 saturated carbocycles. The third kappa shape index (κ3) is 2.30. The van der Waals surface area contributed by atoms with E-state index in [-0.39, 0.29) is 0 Å². The van der Waals surface area contributed by atoms with Gasteiger partial charge in [0.05, 0.1) is 0 Å². The largest absolute Gasteiger partial charge is 0.371 e. The van der Waals surface area contributed by atoms with Gasteiger partial charge in [-0.05, 0) is 49.9 Å². The molecule has 76 valence electrons. The number of hydrogen-bond acceptors (Lipinski definition) is 1.